The average Bonchev–Trinajstić information content (AvgIpc) is 2.52. The summed E-state index contributed by atoms with van der Waals surface area (Å²) in [6.07, 6.45) is 7.10. The van der Waals surface area contributed by atoms with Gasteiger partial charge in [-0.05, 0) is 55.8 Å². The van der Waals surface area contributed by atoms with E-state index < -0.39 is 0 Å². The van der Waals surface area contributed by atoms with Crippen LogP contribution in [0.2, 0.25) is 0 Å². The van der Waals surface area contributed by atoms with Gasteiger partial charge in [0.05, 0.1) is 0 Å². The molecule has 1 fully saturated rings. The minimum Gasteiger partial charge on any atom is -0.307 e. The molecule has 0 unspecified atom stereocenters. The van der Waals surface area contributed by atoms with Gasteiger partial charge in [0.25, 0.3) is 0 Å². The fraction of sp³-hybridized carbons (Fsp3) is 0.579. The van der Waals surface area contributed by atoms with Crippen molar-refractivity contribution in [3.8, 4) is 0 Å². The van der Waals surface area contributed by atoms with Crippen molar-refractivity contribution < 1.29 is 0 Å². The quantitative estimate of drug-likeness (QED) is 0.851. The highest BCUT2D eigenvalue weighted by Gasteiger charge is 2.29. The number of rotatable bonds is 4. The second kappa shape index (κ2) is 6.76. The summed E-state index contributed by atoms with van der Waals surface area (Å²) in [7, 11) is 0. The van der Waals surface area contributed by atoms with Crippen molar-refractivity contribution >= 4 is 0 Å². The maximum atomic E-state index is 3.97. The van der Waals surface area contributed by atoms with Crippen LogP contribution in [0.4, 0.5) is 0 Å². The minimum absolute atomic E-state index is 0.547. The SMILES string of the molecule is C=CCN1CCC(N[C@@H]2c3ccccc3CC[C@@H]2C)CC1. The van der Waals surface area contributed by atoms with Crippen LogP contribution < -0.4 is 5.32 Å². The Bertz CT molecular complexity index is 474. The fourth-order valence-electron chi connectivity index (χ4n) is 3.89. The van der Waals surface area contributed by atoms with E-state index in [0.29, 0.717) is 12.1 Å². The average molecular weight is 284 g/mol. The van der Waals surface area contributed by atoms with Gasteiger partial charge in [-0.3, -0.25) is 4.90 Å². The molecular weight excluding hydrogens is 256 g/mol. The first-order valence-corrected chi connectivity index (χ1v) is 8.45. The summed E-state index contributed by atoms with van der Waals surface area (Å²) in [6.45, 7) is 9.69. The molecule has 1 aromatic carbocycles. The number of benzene rings is 1. The van der Waals surface area contributed by atoms with Crippen molar-refractivity contribution in [3.63, 3.8) is 0 Å². The third kappa shape index (κ3) is 3.38. The predicted octanol–water partition coefficient (Wildman–Crippen LogP) is 3.55. The zero-order chi connectivity index (χ0) is 14.7. The molecule has 1 aliphatic heterocycles. The van der Waals surface area contributed by atoms with Crippen LogP contribution in [-0.2, 0) is 6.42 Å². The number of hydrogen-bond acceptors (Lipinski definition) is 2. The van der Waals surface area contributed by atoms with Gasteiger partial charge in [0, 0.05) is 18.6 Å². The Balaban J connectivity index is 1.64. The molecule has 2 heteroatoms. The molecular formula is C19H28N2. The van der Waals surface area contributed by atoms with Crippen LogP contribution in [0, 0.1) is 5.92 Å². The molecule has 0 bridgehead atoms. The predicted molar refractivity (Wildman–Crippen MR) is 89.5 cm³/mol. The van der Waals surface area contributed by atoms with Gasteiger partial charge in [0.1, 0.15) is 0 Å². The molecule has 0 aromatic heterocycles. The smallest absolute Gasteiger partial charge is 0.0351 e. The van der Waals surface area contributed by atoms with Gasteiger partial charge >= 0.3 is 0 Å². The van der Waals surface area contributed by atoms with E-state index in [0.717, 1.165) is 12.5 Å². The van der Waals surface area contributed by atoms with E-state index in [1.165, 1.54) is 38.8 Å². The van der Waals surface area contributed by atoms with Crippen LogP contribution >= 0.6 is 0 Å². The van der Waals surface area contributed by atoms with Gasteiger partial charge in [0.2, 0.25) is 0 Å². The Morgan fingerprint density at radius 2 is 2.00 bits per heavy atom. The highest BCUT2D eigenvalue weighted by molar-refractivity contribution is 5.33. The van der Waals surface area contributed by atoms with Crippen molar-refractivity contribution in [3.05, 3.63) is 48.0 Å². The zero-order valence-corrected chi connectivity index (χ0v) is 13.2. The van der Waals surface area contributed by atoms with Gasteiger partial charge in [-0.15, -0.1) is 6.58 Å². The van der Waals surface area contributed by atoms with E-state index in [-0.39, 0.29) is 0 Å². The van der Waals surface area contributed by atoms with E-state index in [1.807, 2.05) is 6.08 Å². The summed E-state index contributed by atoms with van der Waals surface area (Å²) in [6, 6.07) is 10.2. The first-order valence-electron chi connectivity index (χ1n) is 8.45. The minimum atomic E-state index is 0.547. The lowest BCUT2D eigenvalue weighted by molar-refractivity contribution is 0.192. The molecule has 3 rings (SSSR count). The van der Waals surface area contributed by atoms with Crippen LogP contribution in [0.15, 0.2) is 36.9 Å². The first-order chi connectivity index (χ1) is 10.3. The number of aryl methyl sites for hydroxylation is 1. The lowest BCUT2D eigenvalue weighted by atomic mass is 9.80. The fourth-order valence-corrected chi connectivity index (χ4v) is 3.89. The van der Waals surface area contributed by atoms with Crippen LogP contribution in [0.3, 0.4) is 0 Å². The summed E-state index contributed by atoms with van der Waals surface area (Å²) in [5, 5.41) is 3.97. The van der Waals surface area contributed by atoms with Gasteiger partial charge in [-0.25, -0.2) is 0 Å². The molecule has 2 atom stereocenters. The van der Waals surface area contributed by atoms with Crippen molar-refractivity contribution in [2.45, 2.75) is 44.7 Å². The van der Waals surface area contributed by atoms with E-state index in [2.05, 4.69) is 48.0 Å². The Morgan fingerprint density at radius 3 is 2.76 bits per heavy atom. The summed E-state index contributed by atoms with van der Waals surface area (Å²) < 4.78 is 0. The monoisotopic (exact) mass is 284 g/mol. The van der Waals surface area contributed by atoms with Crippen LogP contribution in [0.5, 0.6) is 0 Å². The van der Waals surface area contributed by atoms with Crippen molar-refractivity contribution in [2.24, 2.45) is 5.92 Å². The summed E-state index contributed by atoms with van der Waals surface area (Å²) >= 11 is 0. The third-order valence-corrected chi connectivity index (χ3v) is 5.22. The third-order valence-electron chi connectivity index (χ3n) is 5.22. The molecule has 2 nitrogen and oxygen atoms in total. The molecule has 0 radical (unpaired) electrons. The molecule has 0 amide bonds. The van der Waals surface area contributed by atoms with E-state index in [4.69, 9.17) is 0 Å². The molecule has 21 heavy (non-hydrogen) atoms. The lowest BCUT2D eigenvalue weighted by Crippen LogP contribution is -2.45. The number of nitrogens with one attached hydrogen (secondary N) is 1. The number of nitrogens with zero attached hydrogens (tertiary/aromatic N) is 1. The molecule has 0 spiro atoms. The van der Waals surface area contributed by atoms with Gasteiger partial charge in [0.15, 0.2) is 0 Å². The highest BCUT2D eigenvalue weighted by Crippen LogP contribution is 2.35. The summed E-state index contributed by atoms with van der Waals surface area (Å²) in [5.74, 6) is 0.742. The molecule has 114 valence electrons. The van der Waals surface area contributed by atoms with E-state index >= 15 is 0 Å². The molecule has 2 aliphatic rings. The van der Waals surface area contributed by atoms with Crippen LogP contribution in [-0.4, -0.2) is 30.6 Å². The number of hydrogen-bond donors (Lipinski definition) is 1. The molecule has 1 heterocycles. The second-order valence-corrected chi connectivity index (χ2v) is 6.72. The second-order valence-electron chi connectivity index (χ2n) is 6.72. The summed E-state index contributed by atoms with van der Waals surface area (Å²) in [4.78, 5) is 2.50. The van der Waals surface area contributed by atoms with Crippen LogP contribution in [0.1, 0.15) is 43.4 Å². The van der Waals surface area contributed by atoms with Crippen molar-refractivity contribution in [2.75, 3.05) is 19.6 Å². The summed E-state index contributed by atoms with van der Waals surface area (Å²) in [5.41, 5.74) is 3.10. The van der Waals surface area contributed by atoms with Crippen LogP contribution in [0.25, 0.3) is 0 Å². The molecule has 1 aromatic rings. The molecule has 0 saturated carbocycles. The maximum absolute atomic E-state index is 3.97. The number of piperidine rings is 1. The number of likely N-dealkylation sites (tertiary alicyclic amines) is 1. The highest BCUT2D eigenvalue weighted by atomic mass is 15.1. The number of fused-ring (bicyclic) bond motifs is 1. The maximum Gasteiger partial charge on any atom is 0.0351 e. The zero-order valence-electron chi connectivity index (χ0n) is 13.2. The standard InChI is InChI=1S/C19H28N2/c1-3-12-21-13-10-17(11-14-21)20-19-15(2)8-9-16-6-4-5-7-18(16)19/h3-7,15,17,19-20H,1,8-14H2,2H3/t15-,19-/m0/s1. The topological polar surface area (TPSA) is 15.3 Å². The van der Waals surface area contributed by atoms with Gasteiger partial charge in [-0.1, -0.05) is 37.3 Å². The molecule has 1 saturated heterocycles. The van der Waals surface area contributed by atoms with Crippen molar-refractivity contribution in [1.82, 2.24) is 10.2 Å². The lowest BCUT2D eigenvalue weighted by Gasteiger charge is -2.38. The Hall–Kier alpha value is -1.12. The molecule has 1 N–H and O–H groups in total. The normalized spacial score (nSPS) is 27.3. The van der Waals surface area contributed by atoms with Gasteiger partial charge < -0.3 is 5.32 Å². The first kappa shape index (κ1) is 14.8. The largest absolute Gasteiger partial charge is 0.307 e. The van der Waals surface area contributed by atoms with Crippen molar-refractivity contribution in [1.29, 1.82) is 0 Å². The Morgan fingerprint density at radius 1 is 1.24 bits per heavy atom. The van der Waals surface area contributed by atoms with E-state index in [9.17, 15) is 0 Å². The Kier molecular flexibility index (Phi) is 4.77. The molecule has 1 aliphatic carbocycles. The Labute approximate surface area is 129 Å². The van der Waals surface area contributed by atoms with Gasteiger partial charge in [-0.2, -0.15) is 0 Å². The van der Waals surface area contributed by atoms with E-state index in [1.54, 1.807) is 11.1 Å².